The first kappa shape index (κ1) is 20.3. The van der Waals surface area contributed by atoms with E-state index in [9.17, 15) is 13.2 Å². The quantitative estimate of drug-likeness (QED) is 0.440. The SMILES string of the molecule is Cc1cc(C(=O)Nc2ccc3c4c(cccc24)CC3)ccc1NS(=O)(=O)c1ccccc1. The first-order valence-corrected chi connectivity index (χ1v) is 11.9. The summed E-state index contributed by atoms with van der Waals surface area (Å²) in [5.41, 5.74) is 4.99. The molecule has 0 bridgehead atoms. The molecule has 0 heterocycles. The van der Waals surface area contributed by atoms with Gasteiger partial charge in [0.25, 0.3) is 15.9 Å². The summed E-state index contributed by atoms with van der Waals surface area (Å²) in [6.07, 6.45) is 2.06. The van der Waals surface area contributed by atoms with Crippen molar-refractivity contribution in [2.45, 2.75) is 24.7 Å². The number of carbonyl (C=O) groups is 1. The van der Waals surface area contributed by atoms with E-state index >= 15 is 0 Å². The summed E-state index contributed by atoms with van der Waals surface area (Å²) in [6.45, 7) is 1.78. The highest BCUT2D eigenvalue weighted by Gasteiger charge is 2.18. The number of amides is 1. The van der Waals surface area contributed by atoms with Crippen LogP contribution in [0.5, 0.6) is 0 Å². The fraction of sp³-hybridized carbons (Fsp3) is 0.115. The van der Waals surface area contributed by atoms with Crippen LogP contribution in [0.25, 0.3) is 10.8 Å². The minimum atomic E-state index is -3.69. The first-order chi connectivity index (χ1) is 15.4. The molecule has 32 heavy (non-hydrogen) atoms. The van der Waals surface area contributed by atoms with Gasteiger partial charge in [-0.3, -0.25) is 9.52 Å². The Morgan fingerprint density at radius 3 is 2.28 bits per heavy atom. The minimum Gasteiger partial charge on any atom is -0.321 e. The van der Waals surface area contributed by atoms with Crippen LogP contribution in [0.3, 0.4) is 0 Å². The number of nitrogens with one attached hydrogen (secondary N) is 2. The van der Waals surface area contributed by atoms with Gasteiger partial charge in [-0.1, -0.05) is 42.5 Å². The molecular weight excluding hydrogens is 420 g/mol. The molecule has 0 saturated heterocycles. The van der Waals surface area contributed by atoms with Crippen LogP contribution in [-0.2, 0) is 22.9 Å². The third-order valence-electron chi connectivity index (χ3n) is 5.91. The second-order valence-corrected chi connectivity index (χ2v) is 9.70. The van der Waals surface area contributed by atoms with Crippen LogP contribution < -0.4 is 10.0 Å². The highest BCUT2D eigenvalue weighted by atomic mass is 32.2. The molecule has 0 spiro atoms. The van der Waals surface area contributed by atoms with Crippen LogP contribution in [0.1, 0.15) is 27.0 Å². The molecule has 4 aromatic rings. The standard InChI is InChI=1S/C26H22N2O3S/c1-17-16-20(13-14-23(17)28-32(30,31)21-7-3-2-4-8-21)26(29)27-24-15-12-19-11-10-18-6-5-9-22(24)25(18)19/h2-9,12-16,28H,10-11H2,1H3,(H,27,29). The monoisotopic (exact) mass is 442 g/mol. The molecule has 4 aromatic carbocycles. The summed E-state index contributed by atoms with van der Waals surface area (Å²) < 4.78 is 27.8. The number of rotatable bonds is 5. The smallest absolute Gasteiger partial charge is 0.261 e. The van der Waals surface area contributed by atoms with Gasteiger partial charge in [0.05, 0.1) is 10.6 Å². The van der Waals surface area contributed by atoms with Crippen molar-refractivity contribution in [2.75, 3.05) is 10.0 Å². The van der Waals surface area contributed by atoms with E-state index in [0.717, 1.165) is 23.9 Å². The van der Waals surface area contributed by atoms with Gasteiger partial charge in [-0.25, -0.2) is 8.42 Å². The van der Waals surface area contributed by atoms with Gasteiger partial charge < -0.3 is 5.32 Å². The van der Waals surface area contributed by atoms with E-state index in [0.29, 0.717) is 16.8 Å². The van der Waals surface area contributed by atoms with Crippen molar-refractivity contribution in [1.29, 1.82) is 0 Å². The van der Waals surface area contributed by atoms with Crippen LogP contribution in [0.4, 0.5) is 11.4 Å². The van der Waals surface area contributed by atoms with Crippen molar-refractivity contribution in [3.05, 3.63) is 101 Å². The zero-order valence-electron chi connectivity index (χ0n) is 17.6. The number of sulfonamides is 1. The van der Waals surface area contributed by atoms with Gasteiger partial charge in [-0.2, -0.15) is 0 Å². The second kappa shape index (κ2) is 7.80. The fourth-order valence-electron chi connectivity index (χ4n) is 4.27. The second-order valence-electron chi connectivity index (χ2n) is 8.01. The molecule has 1 aliphatic carbocycles. The molecule has 160 valence electrons. The van der Waals surface area contributed by atoms with Crippen LogP contribution in [0, 0.1) is 6.92 Å². The first-order valence-electron chi connectivity index (χ1n) is 10.5. The van der Waals surface area contributed by atoms with Crippen molar-refractivity contribution in [1.82, 2.24) is 0 Å². The van der Waals surface area contributed by atoms with Crippen molar-refractivity contribution in [2.24, 2.45) is 0 Å². The molecule has 5 rings (SSSR count). The summed E-state index contributed by atoms with van der Waals surface area (Å²) in [6, 6.07) is 23.4. The zero-order valence-corrected chi connectivity index (χ0v) is 18.4. The molecule has 0 atom stereocenters. The van der Waals surface area contributed by atoms with E-state index < -0.39 is 10.0 Å². The highest BCUT2D eigenvalue weighted by molar-refractivity contribution is 7.92. The molecule has 1 aliphatic rings. The molecule has 5 nitrogen and oxygen atoms in total. The van der Waals surface area contributed by atoms with Crippen LogP contribution in [-0.4, -0.2) is 14.3 Å². The number of aryl methyl sites for hydroxylation is 3. The number of hydrogen-bond acceptors (Lipinski definition) is 3. The molecule has 0 unspecified atom stereocenters. The molecule has 0 fully saturated rings. The molecular formula is C26H22N2O3S. The molecule has 0 radical (unpaired) electrons. The maximum Gasteiger partial charge on any atom is 0.261 e. The summed E-state index contributed by atoms with van der Waals surface area (Å²) in [7, 11) is -3.69. The lowest BCUT2D eigenvalue weighted by atomic mass is 10.0. The number of carbonyl (C=O) groups excluding carboxylic acids is 1. The van der Waals surface area contributed by atoms with E-state index in [-0.39, 0.29) is 10.8 Å². The number of anilines is 2. The van der Waals surface area contributed by atoms with E-state index in [4.69, 9.17) is 0 Å². The average molecular weight is 443 g/mol. The predicted octanol–water partition coefficient (Wildman–Crippen LogP) is 5.30. The Labute approximate surface area is 187 Å². The topological polar surface area (TPSA) is 75.3 Å². The molecule has 1 amide bonds. The third-order valence-corrected chi connectivity index (χ3v) is 7.29. The van der Waals surface area contributed by atoms with Gasteiger partial charge >= 0.3 is 0 Å². The van der Waals surface area contributed by atoms with Crippen molar-refractivity contribution >= 4 is 38.1 Å². The Morgan fingerprint density at radius 1 is 0.812 bits per heavy atom. The largest absolute Gasteiger partial charge is 0.321 e. The van der Waals surface area contributed by atoms with Gasteiger partial charge in [0.1, 0.15) is 0 Å². The Balaban J connectivity index is 1.39. The lowest BCUT2D eigenvalue weighted by Gasteiger charge is -2.13. The van der Waals surface area contributed by atoms with E-state index in [1.54, 1.807) is 43.3 Å². The summed E-state index contributed by atoms with van der Waals surface area (Å²) in [4.78, 5) is 13.2. The van der Waals surface area contributed by atoms with E-state index in [2.05, 4.69) is 22.2 Å². The van der Waals surface area contributed by atoms with Gasteiger partial charge in [0.15, 0.2) is 0 Å². The van der Waals surface area contributed by atoms with Crippen LogP contribution in [0.2, 0.25) is 0 Å². The summed E-state index contributed by atoms with van der Waals surface area (Å²) >= 11 is 0. The maximum absolute atomic E-state index is 13.0. The van der Waals surface area contributed by atoms with Gasteiger partial charge in [-0.15, -0.1) is 0 Å². The van der Waals surface area contributed by atoms with Crippen molar-refractivity contribution < 1.29 is 13.2 Å². The van der Waals surface area contributed by atoms with Crippen LogP contribution in [0.15, 0.2) is 83.8 Å². The number of hydrogen-bond donors (Lipinski definition) is 2. The van der Waals surface area contributed by atoms with Crippen LogP contribution >= 0.6 is 0 Å². The molecule has 0 aromatic heterocycles. The van der Waals surface area contributed by atoms with Crippen molar-refractivity contribution in [3.8, 4) is 0 Å². The van der Waals surface area contributed by atoms with E-state index in [1.807, 2.05) is 18.2 Å². The summed E-state index contributed by atoms with van der Waals surface area (Å²) in [5, 5.41) is 5.32. The summed E-state index contributed by atoms with van der Waals surface area (Å²) in [5.74, 6) is -0.232. The highest BCUT2D eigenvalue weighted by Crippen LogP contribution is 2.35. The van der Waals surface area contributed by atoms with E-state index in [1.165, 1.54) is 28.6 Å². The lowest BCUT2D eigenvalue weighted by Crippen LogP contribution is -2.15. The number of benzene rings is 4. The van der Waals surface area contributed by atoms with Gasteiger partial charge in [-0.05, 0) is 78.2 Å². The Hall–Kier alpha value is -3.64. The molecule has 0 saturated carbocycles. The molecule has 6 heteroatoms. The Bertz CT molecular complexity index is 1450. The zero-order chi connectivity index (χ0) is 22.3. The normalized spacial score (nSPS) is 12.7. The third kappa shape index (κ3) is 3.63. The molecule has 0 aliphatic heterocycles. The van der Waals surface area contributed by atoms with Gasteiger partial charge in [0, 0.05) is 16.6 Å². The molecule has 2 N–H and O–H groups in total. The fourth-order valence-corrected chi connectivity index (χ4v) is 5.42. The lowest BCUT2D eigenvalue weighted by molar-refractivity contribution is 0.102. The minimum absolute atomic E-state index is 0.188. The van der Waals surface area contributed by atoms with Crippen molar-refractivity contribution in [3.63, 3.8) is 0 Å². The Morgan fingerprint density at radius 2 is 1.53 bits per heavy atom. The average Bonchev–Trinajstić information content (AvgIpc) is 3.22. The Kier molecular flexibility index (Phi) is 4.94. The van der Waals surface area contributed by atoms with Gasteiger partial charge in [0.2, 0.25) is 0 Å². The predicted molar refractivity (Wildman–Crippen MR) is 128 cm³/mol. The maximum atomic E-state index is 13.0.